The highest BCUT2D eigenvalue weighted by atomic mass is 16.3. The minimum Gasteiger partial charge on any atom is -0.464 e. The smallest absolute Gasteiger partial charge is 0.117 e. The fourth-order valence-electron chi connectivity index (χ4n) is 2.80. The van der Waals surface area contributed by atoms with Crippen LogP contribution in [0.25, 0.3) is 0 Å². The van der Waals surface area contributed by atoms with Crippen molar-refractivity contribution in [1.29, 1.82) is 0 Å². The minimum atomic E-state index is 0.672. The zero-order valence-electron chi connectivity index (χ0n) is 11.6. The van der Waals surface area contributed by atoms with Gasteiger partial charge in [-0.1, -0.05) is 26.7 Å². The van der Waals surface area contributed by atoms with Gasteiger partial charge in [-0.3, -0.25) is 0 Å². The summed E-state index contributed by atoms with van der Waals surface area (Å²) in [6, 6.07) is 5.00. The average Bonchev–Trinajstić information content (AvgIpc) is 3.27. The highest BCUT2D eigenvalue weighted by molar-refractivity contribution is 5.17. The summed E-state index contributed by atoms with van der Waals surface area (Å²) in [6.45, 7) is 5.47. The zero-order valence-corrected chi connectivity index (χ0v) is 11.6. The van der Waals surface area contributed by atoms with Crippen molar-refractivity contribution in [2.45, 2.75) is 64.5 Å². The maximum atomic E-state index is 5.93. The van der Waals surface area contributed by atoms with E-state index < -0.39 is 0 Å². The molecule has 3 atom stereocenters. The van der Waals surface area contributed by atoms with Crippen LogP contribution in [0, 0.1) is 11.8 Å². The Balaban J connectivity index is 1.47. The highest BCUT2D eigenvalue weighted by Gasteiger charge is 2.36. The van der Waals surface area contributed by atoms with Crippen molar-refractivity contribution in [1.82, 2.24) is 5.32 Å². The molecular weight excluding hydrogens is 222 g/mol. The van der Waals surface area contributed by atoms with Gasteiger partial charge in [-0.15, -0.1) is 0 Å². The van der Waals surface area contributed by atoms with Crippen molar-refractivity contribution < 1.29 is 4.42 Å². The summed E-state index contributed by atoms with van der Waals surface area (Å²) in [5, 5.41) is 3.65. The molecule has 0 aliphatic heterocycles. The van der Waals surface area contributed by atoms with E-state index in [-0.39, 0.29) is 0 Å². The van der Waals surface area contributed by atoms with Gasteiger partial charge in [0.05, 0.1) is 6.54 Å². The van der Waals surface area contributed by atoms with Crippen LogP contribution in [0.3, 0.4) is 0 Å². The Bertz CT molecular complexity index is 394. The summed E-state index contributed by atoms with van der Waals surface area (Å²) in [5.41, 5.74) is 0. The van der Waals surface area contributed by atoms with Gasteiger partial charge in [0.15, 0.2) is 0 Å². The Morgan fingerprint density at radius 3 is 2.78 bits per heavy atom. The molecule has 0 spiro atoms. The van der Waals surface area contributed by atoms with Crippen LogP contribution in [-0.4, -0.2) is 6.04 Å². The van der Waals surface area contributed by atoms with E-state index in [0.717, 1.165) is 24.1 Å². The van der Waals surface area contributed by atoms with E-state index >= 15 is 0 Å². The van der Waals surface area contributed by atoms with Crippen molar-refractivity contribution in [3.8, 4) is 0 Å². The maximum Gasteiger partial charge on any atom is 0.117 e. The molecule has 2 fully saturated rings. The van der Waals surface area contributed by atoms with Crippen LogP contribution in [0.1, 0.15) is 63.4 Å². The van der Waals surface area contributed by atoms with Gasteiger partial charge < -0.3 is 9.73 Å². The quantitative estimate of drug-likeness (QED) is 0.785. The normalized spacial score (nSPS) is 28.3. The monoisotopic (exact) mass is 247 g/mol. The van der Waals surface area contributed by atoms with Gasteiger partial charge in [-0.25, -0.2) is 0 Å². The Morgan fingerprint density at radius 1 is 1.39 bits per heavy atom. The van der Waals surface area contributed by atoms with E-state index in [1.807, 2.05) is 0 Å². The molecule has 0 radical (unpaired) electrons. The fraction of sp³-hybridized carbons (Fsp3) is 0.750. The van der Waals surface area contributed by atoms with Crippen molar-refractivity contribution >= 4 is 0 Å². The van der Waals surface area contributed by atoms with E-state index in [9.17, 15) is 0 Å². The van der Waals surface area contributed by atoms with Crippen LogP contribution in [-0.2, 0) is 6.54 Å². The first-order valence-corrected chi connectivity index (χ1v) is 7.58. The van der Waals surface area contributed by atoms with Gasteiger partial charge in [0, 0.05) is 12.0 Å². The van der Waals surface area contributed by atoms with E-state index in [4.69, 9.17) is 4.42 Å². The third-order valence-corrected chi connectivity index (χ3v) is 4.53. The number of hydrogen-bond donors (Lipinski definition) is 1. The molecule has 1 aromatic rings. The molecule has 1 heterocycles. The van der Waals surface area contributed by atoms with Crippen molar-refractivity contribution in [2.75, 3.05) is 0 Å². The number of hydrogen-bond acceptors (Lipinski definition) is 2. The molecule has 2 saturated carbocycles. The average molecular weight is 247 g/mol. The fourth-order valence-corrected chi connectivity index (χ4v) is 2.80. The van der Waals surface area contributed by atoms with Gasteiger partial charge in [0.2, 0.25) is 0 Å². The molecule has 1 N–H and O–H groups in total. The summed E-state index contributed by atoms with van der Waals surface area (Å²) < 4.78 is 5.93. The lowest BCUT2D eigenvalue weighted by atomic mass is 10.1. The van der Waals surface area contributed by atoms with E-state index in [2.05, 4.69) is 31.3 Å². The number of rotatable bonds is 7. The summed E-state index contributed by atoms with van der Waals surface area (Å²) in [7, 11) is 0. The lowest BCUT2D eigenvalue weighted by molar-refractivity contribution is 0.396. The molecule has 0 aromatic carbocycles. The summed E-state index contributed by atoms with van der Waals surface area (Å²) in [6.07, 6.45) is 6.78. The lowest BCUT2D eigenvalue weighted by Gasteiger charge is -2.15. The first-order chi connectivity index (χ1) is 8.76. The van der Waals surface area contributed by atoms with Gasteiger partial charge in [0.1, 0.15) is 11.5 Å². The second-order valence-electron chi connectivity index (χ2n) is 6.29. The number of nitrogens with one attached hydrogen (secondary N) is 1. The van der Waals surface area contributed by atoms with Gasteiger partial charge in [-0.05, 0) is 43.2 Å². The van der Waals surface area contributed by atoms with Crippen LogP contribution >= 0.6 is 0 Å². The SMILES string of the molecule is CCC(CC1CC1)NCc1ccc(C2CC2C)o1. The molecule has 1 aromatic heterocycles. The van der Waals surface area contributed by atoms with Gasteiger partial charge in [-0.2, -0.15) is 0 Å². The van der Waals surface area contributed by atoms with Crippen LogP contribution in [0.15, 0.2) is 16.5 Å². The summed E-state index contributed by atoms with van der Waals surface area (Å²) in [5.74, 6) is 4.84. The third kappa shape index (κ3) is 2.97. The molecule has 3 unspecified atom stereocenters. The molecule has 3 rings (SSSR count). The largest absolute Gasteiger partial charge is 0.464 e. The standard InChI is InChI=1S/C16H25NO/c1-3-13(9-12-4-5-12)17-10-14-6-7-16(18-14)15-8-11(15)2/h6-7,11-13,15,17H,3-5,8-10H2,1-2H3. The van der Waals surface area contributed by atoms with Crippen LogP contribution in [0.5, 0.6) is 0 Å². The molecule has 2 nitrogen and oxygen atoms in total. The Hall–Kier alpha value is -0.760. The molecule has 0 saturated heterocycles. The number of furan rings is 1. The highest BCUT2D eigenvalue weighted by Crippen LogP contribution is 2.47. The molecule has 0 amide bonds. The molecule has 2 aliphatic rings. The minimum absolute atomic E-state index is 0.672. The Kier molecular flexibility index (Phi) is 3.47. The topological polar surface area (TPSA) is 25.2 Å². The molecule has 100 valence electrons. The Morgan fingerprint density at radius 2 is 2.17 bits per heavy atom. The van der Waals surface area contributed by atoms with Crippen LogP contribution in [0.2, 0.25) is 0 Å². The second kappa shape index (κ2) is 5.08. The van der Waals surface area contributed by atoms with Gasteiger partial charge >= 0.3 is 0 Å². The Labute approximate surface area is 110 Å². The first-order valence-electron chi connectivity index (χ1n) is 7.58. The zero-order chi connectivity index (χ0) is 12.5. The molecule has 2 heteroatoms. The predicted octanol–water partition coefficient (Wildman–Crippen LogP) is 4.07. The van der Waals surface area contributed by atoms with Gasteiger partial charge in [0.25, 0.3) is 0 Å². The van der Waals surface area contributed by atoms with Crippen molar-refractivity contribution in [2.24, 2.45) is 11.8 Å². The third-order valence-electron chi connectivity index (χ3n) is 4.53. The maximum absolute atomic E-state index is 5.93. The molecule has 18 heavy (non-hydrogen) atoms. The molecule has 0 bridgehead atoms. The van der Waals surface area contributed by atoms with Crippen LogP contribution in [0.4, 0.5) is 0 Å². The van der Waals surface area contributed by atoms with Crippen LogP contribution < -0.4 is 5.32 Å². The van der Waals surface area contributed by atoms with E-state index in [1.54, 1.807) is 0 Å². The lowest BCUT2D eigenvalue weighted by Crippen LogP contribution is -2.28. The van der Waals surface area contributed by atoms with E-state index in [0.29, 0.717) is 12.0 Å². The molecule has 2 aliphatic carbocycles. The van der Waals surface area contributed by atoms with Crippen molar-refractivity contribution in [3.05, 3.63) is 23.7 Å². The molecular formula is C16H25NO. The second-order valence-corrected chi connectivity index (χ2v) is 6.29. The first kappa shape index (κ1) is 12.3. The predicted molar refractivity (Wildman–Crippen MR) is 73.5 cm³/mol. The summed E-state index contributed by atoms with van der Waals surface area (Å²) in [4.78, 5) is 0. The van der Waals surface area contributed by atoms with Crippen molar-refractivity contribution in [3.63, 3.8) is 0 Å². The van der Waals surface area contributed by atoms with E-state index in [1.165, 1.54) is 37.9 Å². The summed E-state index contributed by atoms with van der Waals surface area (Å²) >= 11 is 0.